The van der Waals surface area contributed by atoms with Crippen molar-refractivity contribution in [3.8, 4) is 0 Å². The Balaban J connectivity index is 4.00. The molecule has 0 amide bonds. The maximum Gasteiger partial charge on any atom is 0.472 e. The molecular formula is C51H90NO7P. The molecule has 3 N–H and O–H groups in total. The van der Waals surface area contributed by atoms with Gasteiger partial charge in [-0.2, -0.15) is 0 Å². The molecular weight excluding hydrogens is 770 g/mol. The first-order chi connectivity index (χ1) is 29.4. The zero-order chi connectivity index (χ0) is 43.7. The second-order valence-electron chi connectivity index (χ2n) is 15.6. The number of rotatable bonds is 45. The van der Waals surface area contributed by atoms with Gasteiger partial charge >= 0.3 is 13.8 Å². The summed E-state index contributed by atoms with van der Waals surface area (Å²) < 4.78 is 33.4. The Kier molecular flexibility index (Phi) is 45.9. The zero-order valence-electron chi connectivity index (χ0n) is 38.4. The van der Waals surface area contributed by atoms with Crippen molar-refractivity contribution in [2.75, 3.05) is 33.0 Å². The largest absolute Gasteiger partial charge is 0.472 e. The number of phosphoric ester groups is 1. The number of carbonyl (C=O) groups excluding carboxylic acids is 1. The summed E-state index contributed by atoms with van der Waals surface area (Å²) in [6, 6.07) is 0. The van der Waals surface area contributed by atoms with Crippen LogP contribution in [0.15, 0.2) is 85.1 Å². The Morgan fingerprint density at radius 1 is 0.517 bits per heavy atom. The zero-order valence-corrected chi connectivity index (χ0v) is 39.3. The molecule has 0 aliphatic rings. The summed E-state index contributed by atoms with van der Waals surface area (Å²) in [5.74, 6) is -0.458. The van der Waals surface area contributed by atoms with E-state index in [1.165, 1.54) is 122 Å². The average molecular weight is 860 g/mol. The molecule has 0 aromatic rings. The number of unbranched alkanes of at least 4 members (excludes halogenated alkanes) is 19. The van der Waals surface area contributed by atoms with Gasteiger partial charge in [0, 0.05) is 13.2 Å². The predicted octanol–water partition coefficient (Wildman–Crippen LogP) is 14.9. The molecule has 0 heterocycles. The molecule has 346 valence electrons. The minimum atomic E-state index is -4.31. The van der Waals surface area contributed by atoms with E-state index >= 15 is 0 Å². The molecule has 8 nitrogen and oxygen atoms in total. The molecule has 2 atom stereocenters. The number of hydrogen-bond donors (Lipinski definition) is 2. The minimum absolute atomic E-state index is 0.0725. The minimum Gasteiger partial charge on any atom is -0.457 e. The number of ether oxygens (including phenoxy) is 2. The van der Waals surface area contributed by atoms with Crippen molar-refractivity contribution < 1.29 is 32.8 Å². The molecule has 0 aliphatic heterocycles. The predicted molar refractivity (Wildman–Crippen MR) is 256 cm³/mol. The number of hydrogen-bond acceptors (Lipinski definition) is 7. The summed E-state index contributed by atoms with van der Waals surface area (Å²) in [5, 5.41) is 0. The molecule has 60 heavy (non-hydrogen) atoms. The highest BCUT2D eigenvalue weighted by molar-refractivity contribution is 7.47. The lowest BCUT2D eigenvalue weighted by Gasteiger charge is -2.19. The van der Waals surface area contributed by atoms with Crippen LogP contribution in [-0.4, -0.2) is 49.9 Å². The van der Waals surface area contributed by atoms with Crippen LogP contribution in [0.1, 0.15) is 194 Å². The van der Waals surface area contributed by atoms with Gasteiger partial charge < -0.3 is 20.1 Å². The van der Waals surface area contributed by atoms with Gasteiger partial charge in [0.15, 0.2) is 0 Å². The van der Waals surface area contributed by atoms with Gasteiger partial charge in [-0.1, -0.05) is 202 Å². The highest BCUT2D eigenvalue weighted by Gasteiger charge is 2.25. The second kappa shape index (κ2) is 47.7. The van der Waals surface area contributed by atoms with Gasteiger partial charge in [0.05, 0.1) is 26.2 Å². The van der Waals surface area contributed by atoms with Gasteiger partial charge in [-0.25, -0.2) is 4.57 Å². The van der Waals surface area contributed by atoms with Crippen molar-refractivity contribution >= 4 is 13.8 Å². The van der Waals surface area contributed by atoms with Crippen LogP contribution >= 0.6 is 7.82 Å². The second-order valence-corrected chi connectivity index (χ2v) is 17.1. The Morgan fingerprint density at radius 3 is 1.40 bits per heavy atom. The van der Waals surface area contributed by atoms with E-state index in [1.807, 2.05) is 6.08 Å². The molecule has 9 heteroatoms. The monoisotopic (exact) mass is 860 g/mol. The third kappa shape index (κ3) is 46.7. The Bertz CT molecular complexity index is 1190. The number of nitrogens with two attached hydrogens (primary N) is 1. The fraction of sp³-hybridized carbons (Fsp3) is 0.706. The van der Waals surface area contributed by atoms with E-state index in [1.54, 1.807) is 6.08 Å². The highest BCUT2D eigenvalue weighted by Crippen LogP contribution is 2.43. The van der Waals surface area contributed by atoms with Crippen LogP contribution in [0.3, 0.4) is 0 Å². The summed E-state index contributed by atoms with van der Waals surface area (Å²) in [7, 11) is -4.31. The van der Waals surface area contributed by atoms with Crippen molar-refractivity contribution in [2.45, 2.75) is 200 Å². The van der Waals surface area contributed by atoms with E-state index in [-0.39, 0.29) is 32.8 Å². The van der Waals surface area contributed by atoms with Crippen LogP contribution in [-0.2, 0) is 27.9 Å². The summed E-state index contributed by atoms with van der Waals surface area (Å²) in [6.07, 6.45) is 62.2. The lowest BCUT2D eigenvalue weighted by atomic mass is 10.0. The Labute approximate surface area is 368 Å². The van der Waals surface area contributed by atoms with E-state index in [0.29, 0.717) is 13.0 Å². The topological polar surface area (TPSA) is 117 Å². The maximum absolute atomic E-state index is 12.5. The van der Waals surface area contributed by atoms with Crippen LogP contribution in [0.4, 0.5) is 0 Å². The molecule has 0 aliphatic carbocycles. The highest BCUT2D eigenvalue weighted by atomic mass is 31.2. The van der Waals surface area contributed by atoms with Gasteiger partial charge in [-0.3, -0.25) is 13.8 Å². The molecule has 0 aromatic carbocycles. The van der Waals surface area contributed by atoms with Gasteiger partial charge in [0.25, 0.3) is 0 Å². The SMILES string of the molecule is CC/C=C\C/C=C\C/C=C\C/C=C\C/C=C\CC(=O)OC(COCCCCCCCCCCCCCCCC/C=C\C/C=C\CCCCCCC)COP(=O)(O)OCCN. The summed E-state index contributed by atoms with van der Waals surface area (Å²) in [4.78, 5) is 22.4. The quantitative estimate of drug-likeness (QED) is 0.0269. The first-order valence-corrected chi connectivity index (χ1v) is 25.6. The summed E-state index contributed by atoms with van der Waals surface area (Å²) in [6.45, 7) is 4.66. The van der Waals surface area contributed by atoms with E-state index in [9.17, 15) is 14.3 Å². The number of phosphoric acid groups is 1. The third-order valence-electron chi connectivity index (χ3n) is 9.83. The van der Waals surface area contributed by atoms with Crippen LogP contribution in [0.25, 0.3) is 0 Å². The first kappa shape index (κ1) is 57.7. The summed E-state index contributed by atoms with van der Waals surface area (Å²) >= 11 is 0. The summed E-state index contributed by atoms with van der Waals surface area (Å²) in [5.41, 5.74) is 5.37. The number of carbonyl (C=O) groups is 1. The number of esters is 1. The van der Waals surface area contributed by atoms with Crippen molar-refractivity contribution in [2.24, 2.45) is 5.73 Å². The lowest BCUT2D eigenvalue weighted by molar-refractivity contribution is -0.153. The van der Waals surface area contributed by atoms with Crippen molar-refractivity contribution in [1.29, 1.82) is 0 Å². The average Bonchev–Trinajstić information content (AvgIpc) is 3.24. The Hall–Kier alpha value is -2.32. The molecule has 0 spiro atoms. The molecule has 0 aromatic heterocycles. The van der Waals surface area contributed by atoms with Gasteiger partial charge in [-0.05, 0) is 70.6 Å². The van der Waals surface area contributed by atoms with Crippen LogP contribution in [0, 0.1) is 0 Å². The smallest absolute Gasteiger partial charge is 0.457 e. The fourth-order valence-electron chi connectivity index (χ4n) is 6.34. The van der Waals surface area contributed by atoms with Crippen molar-refractivity contribution in [1.82, 2.24) is 0 Å². The van der Waals surface area contributed by atoms with Crippen molar-refractivity contribution in [3.63, 3.8) is 0 Å². The van der Waals surface area contributed by atoms with Crippen LogP contribution in [0.5, 0.6) is 0 Å². The maximum atomic E-state index is 12.5. The molecule has 0 radical (unpaired) electrons. The van der Waals surface area contributed by atoms with Crippen LogP contribution in [0.2, 0.25) is 0 Å². The lowest BCUT2D eigenvalue weighted by Crippen LogP contribution is -2.28. The van der Waals surface area contributed by atoms with E-state index in [4.69, 9.17) is 24.3 Å². The molecule has 0 saturated carbocycles. The molecule has 0 fully saturated rings. The standard InChI is InChI=1S/C51H90NO7P/c1-3-5-7-9-11-13-15-17-19-20-21-22-23-24-25-26-27-28-29-31-33-35-37-39-41-43-46-56-48-50(49-58-60(54,55)57-47-45-52)59-51(53)44-42-40-38-36-34-32-30-18-16-14-12-10-8-6-4-2/h6,8,12,14-15,17-18,20-21,30,34,36,40,42,50H,3-5,7,9-11,13,16,19,22-29,31-33,35,37-39,41,43-49,52H2,1-2H3,(H,54,55)/b8-6-,14-12-,17-15-,21-20-,30-18-,36-34-,42-40-. The Morgan fingerprint density at radius 2 is 0.933 bits per heavy atom. The van der Waals surface area contributed by atoms with Gasteiger partial charge in [0.2, 0.25) is 0 Å². The fourth-order valence-corrected chi connectivity index (χ4v) is 7.10. The third-order valence-corrected chi connectivity index (χ3v) is 10.8. The molecule has 0 saturated heterocycles. The van der Waals surface area contributed by atoms with E-state index in [0.717, 1.165) is 44.9 Å². The molecule has 2 unspecified atom stereocenters. The van der Waals surface area contributed by atoms with Gasteiger partial charge in [-0.15, -0.1) is 0 Å². The van der Waals surface area contributed by atoms with Gasteiger partial charge in [0.1, 0.15) is 6.10 Å². The van der Waals surface area contributed by atoms with Crippen LogP contribution < -0.4 is 5.73 Å². The molecule has 0 bridgehead atoms. The van der Waals surface area contributed by atoms with E-state index < -0.39 is 19.9 Å². The van der Waals surface area contributed by atoms with E-state index in [2.05, 4.69) is 86.8 Å². The normalized spacial score (nSPS) is 14.1. The van der Waals surface area contributed by atoms with Crippen molar-refractivity contribution in [3.05, 3.63) is 85.1 Å². The molecule has 0 rings (SSSR count). The number of allylic oxidation sites excluding steroid dienone is 13. The first-order valence-electron chi connectivity index (χ1n) is 24.1.